The van der Waals surface area contributed by atoms with Gasteiger partial charge in [-0.3, -0.25) is 9.59 Å². The van der Waals surface area contributed by atoms with Gasteiger partial charge in [0.05, 0.1) is 20.1 Å². The summed E-state index contributed by atoms with van der Waals surface area (Å²) in [6, 6.07) is 5.49. The zero-order valence-electron chi connectivity index (χ0n) is 13.6. The summed E-state index contributed by atoms with van der Waals surface area (Å²) >= 11 is 0. The molecule has 0 radical (unpaired) electrons. The Labute approximate surface area is 136 Å². The number of aliphatic carboxylic acids is 1. The number of rotatable bonds is 6. The van der Waals surface area contributed by atoms with E-state index in [1.54, 1.807) is 19.1 Å². The van der Waals surface area contributed by atoms with Crippen LogP contribution in [0.2, 0.25) is 0 Å². The number of benzene rings is 1. The van der Waals surface area contributed by atoms with Gasteiger partial charge in [-0.1, -0.05) is 0 Å². The van der Waals surface area contributed by atoms with Crippen LogP contribution in [0.5, 0.6) is 11.5 Å². The van der Waals surface area contributed by atoms with Crippen LogP contribution in [0.15, 0.2) is 18.2 Å². The highest BCUT2D eigenvalue weighted by molar-refractivity contribution is 5.78. The molecule has 1 fully saturated rings. The number of carbonyl (C=O) groups is 2. The molecule has 1 aliphatic rings. The predicted molar refractivity (Wildman–Crippen MR) is 84.8 cm³/mol. The van der Waals surface area contributed by atoms with E-state index in [-0.39, 0.29) is 5.91 Å². The molecule has 1 N–H and O–H groups in total. The van der Waals surface area contributed by atoms with E-state index in [0.29, 0.717) is 32.4 Å². The van der Waals surface area contributed by atoms with Crippen molar-refractivity contribution in [3.05, 3.63) is 23.8 Å². The quantitative estimate of drug-likeness (QED) is 0.867. The normalized spacial score (nSPS) is 17.7. The predicted octanol–water partition coefficient (Wildman–Crippen LogP) is 1.96. The monoisotopic (exact) mass is 321 g/mol. The first-order valence-corrected chi connectivity index (χ1v) is 7.76. The number of methoxy groups -OCH3 is 2. The van der Waals surface area contributed by atoms with Crippen LogP contribution in [0.1, 0.15) is 24.8 Å². The molecule has 1 heterocycles. The van der Waals surface area contributed by atoms with E-state index in [9.17, 15) is 9.59 Å². The summed E-state index contributed by atoms with van der Waals surface area (Å²) < 4.78 is 10.5. The summed E-state index contributed by atoms with van der Waals surface area (Å²) in [5, 5.41) is 9.10. The van der Waals surface area contributed by atoms with Crippen molar-refractivity contribution in [1.29, 1.82) is 0 Å². The molecule has 1 aromatic carbocycles. The van der Waals surface area contributed by atoms with Crippen molar-refractivity contribution >= 4 is 11.9 Å². The molecule has 2 rings (SSSR count). The molecule has 0 bridgehead atoms. The number of amides is 1. The SMILES string of the molecule is COc1ccc(OC)c(CCC(=O)N2CCC[C@H](C(=O)O)C2)c1. The number of hydrogen-bond donors (Lipinski definition) is 1. The lowest BCUT2D eigenvalue weighted by Gasteiger charge is -2.30. The van der Waals surface area contributed by atoms with E-state index in [0.717, 1.165) is 23.5 Å². The lowest BCUT2D eigenvalue weighted by Crippen LogP contribution is -2.42. The maximum absolute atomic E-state index is 12.4. The third-order valence-corrected chi connectivity index (χ3v) is 4.22. The highest BCUT2D eigenvalue weighted by Crippen LogP contribution is 2.26. The van der Waals surface area contributed by atoms with Gasteiger partial charge in [-0.2, -0.15) is 0 Å². The van der Waals surface area contributed by atoms with Gasteiger partial charge in [0, 0.05) is 19.5 Å². The van der Waals surface area contributed by atoms with Gasteiger partial charge < -0.3 is 19.5 Å². The number of nitrogens with zero attached hydrogens (tertiary/aromatic N) is 1. The molecule has 1 amide bonds. The summed E-state index contributed by atoms with van der Waals surface area (Å²) in [4.78, 5) is 25.1. The van der Waals surface area contributed by atoms with E-state index in [2.05, 4.69) is 0 Å². The van der Waals surface area contributed by atoms with E-state index in [1.165, 1.54) is 0 Å². The van der Waals surface area contributed by atoms with Gasteiger partial charge >= 0.3 is 5.97 Å². The van der Waals surface area contributed by atoms with Gasteiger partial charge in [-0.05, 0) is 43.0 Å². The molecule has 23 heavy (non-hydrogen) atoms. The van der Waals surface area contributed by atoms with Crippen molar-refractivity contribution < 1.29 is 24.2 Å². The number of aryl methyl sites for hydroxylation is 1. The van der Waals surface area contributed by atoms with Crippen LogP contribution in [0.3, 0.4) is 0 Å². The van der Waals surface area contributed by atoms with Gasteiger partial charge in [-0.25, -0.2) is 0 Å². The molecule has 1 atom stereocenters. The van der Waals surface area contributed by atoms with Crippen LogP contribution in [0.25, 0.3) is 0 Å². The average Bonchev–Trinajstić information content (AvgIpc) is 2.59. The first kappa shape index (κ1) is 17.1. The number of ether oxygens (including phenoxy) is 2. The molecule has 0 spiro atoms. The second-order valence-electron chi connectivity index (χ2n) is 5.69. The van der Waals surface area contributed by atoms with Crippen molar-refractivity contribution in [2.24, 2.45) is 5.92 Å². The van der Waals surface area contributed by atoms with E-state index >= 15 is 0 Å². The molecule has 1 aliphatic heterocycles. The van der Waals surface area contributed by atoms with Crippen LogP contribution in [-0.4, -0.2) is 49.2 Å². The molecule has 1 aromatic rings. The number of piperidine rings is 1. The number of carboxylic acids is 1. The third kappa shape index (κ3) is 4.37. The van der Waals surface area contributed by atoms with E-state index in [4.69, 9.17) is 14.6 Å². The molecular weight excluding hydrogens is 298 g/mol. The van der Waals surface area contributed by atoms with Crippen LogP contribution >= 0.6 is 0 Å². The smallest absolute Gasteiger partial charge is 0.308 e. The fourth-order valence-electron chi connectivity index (χ4n) is 2.88. The van der Waals surface area contributed by atoms with Gasteiger partial charge in [0.1, 0.15) is 11.5 Å². The largest absolute Gasteiger partial charge is 0.497 e. The van der Waals surface area contributed by atoms with Crippen LogP contribution in [0, 0.1) is 5.92 Å². The molecule has 6 heteroatoms. The summed E-state index contributed by atoms with van der Waals surface area (Å²) in [7, 11) is 3.19. The fraction of sp³-hybridized carbons (Fsp3) is 0.529. The van der Waals surface area contributed by atoms with Crippen LogP contribution in [0.4, 0.5) is 0 Å². The molecule has 6 nitrogen and oxygen atoms in total. The van der Waals surface area contributed by atoms with Crippen molar-refractivity contribution in [2.45, 2.75) is 25.7 Å². The summed E-state index contributed by atoms with van der Waals surface area (Å²) in [5.74, 6) is 0.162. The van der Waals surface area contributed by atoms with Crippen molar-refractivity contribution in [3.63, 3.8) is 0 Å². The fourth-order valence-corrected chi connectivity index (χ4v) is 2.88. The van der Waals surface area contributed by atoms with Crippen molar-refractivity contribution in [2.75, 3.05) is 27.3 Å². The molecular formula is C17H23NO5. The number of carbonyl (C=O) groups excluding carboxylic acids is 1. The third-order valence-electron chi connectivity index (χ3n) is 4.22. The molecule has 0 aliphatic carbocycles. The molecule has 0 saturated carbocycles. The number of hydrogen-bond acceptors (Lipinski definition) is 4. The standard InChI is InChI=1S/C17H23NO5/c1-22-14-6-7-15(23-2)12(10-14)5-8-16(19)18-9-3-4-13(11-18)17(20)21/h6-7,10,13H,3-5,8-9,11H2,1-2H3,(H,20,21)/t13-/m0/s1. The zero-order chi connectivity index (χ0) is 16.8. The second kappa shape index (κ2) is 7.85. The first-order valence-electron chi connectivity index (χ1n) is 7.76. The number of carboxylic acid groups (broad SMARTS) is 1. The first-order chi connectivity index (χ1) is 11.0. The Morgan fingerprint density at radius 2 is 2.09 bits per heavy atom. The summed E-state index contributed by atoms with van der Waals surface area (Å²) in [5.41, 5.74) is 0.909. The minimum Gasteiger partial charge on any atom is -0.497 e. The maximum Gasteiger partial charge on any atom is 0.308 e. The Morgan fingerprint density at radius 1 is 1.30 bits per heavy atom. The molecule has 126 valence electrons. The lowest BCUT2D eigenvalue weighted by molar-refractivity contribution is -0.145. The maximum atomic E-state index is 12.4. The van der Waals surface area contributed by atoms with E-state index < -0.39 is 11.9 Å². The summed E-state index contributed by atoms with van der Waals surface area (Å²) in [6.07, 6.45) is 2.25. The van der Waals surface area contributed by atoms with Crippen LogP contribution in [-0.2, 0) is 16.0 Å². The number of likely N-dealkylation sites (tertiary alicyclic amines) is 1. The zero-order valence-corrected chi connectivity index (χ0v) is 13.6. The van der Waals surface area contributed by atoms with Gasteiger partial charge in [0.15, 0.2) is 0 Å². The minimum atomic E-state index is -0.822. The Balaban J connectivity index is 1.97. The highest BCUT2D eigenvalue weighted by atomic mass is 16.5. The van der Waals surface area contributed by atoms with Gasteiger partial charge in [0.25, 0.3) is 0 Å². The van der Waals surface area contributed by atoms with Gasteiger partial charge in [0.2, 0.25) is 5.91 Å². The Morgan fingerprint density at radius 3 is 2.74 bits per heavy atom. The Bertz CT molecular complexity index is 572. The van der Waals surface area contributed by atoms with Crippen molar-refractivity contribution in [1.82, 2.24) is 4.90 Å². The molecule has 0 unspecified atom stereocenters. The topological polar surface area (TPSA) is 76.1 Å². The summed E-state index contributed by atoms with van der Waals surface area (Å²) in [6.45, 7) is 0.946. The second-order valence-corrected chi connectivity index (χ2v) is 5.69. The van der Waals surface area contributed by atoms with Crippen LogP contribution < -0.4 is 9.47 Å². The average molecular weight is 321 g/mol. The minimum absolute atomic E-state index is 0.0131. The molecule has 1 saturated heterocycles. The Hall–Kier alpha value is -2.24. The molecule has 0 aromatic heterocycles. The Kier molecular flexibility index (Phi) is 5.84. The lowest BCUT2D eigenvalue weighted by atomic mass is 9.97. The van der Waals surface area contributed by atoms with E-state index in [1.807, 2.05) is 18.2 Å². The highest BCUT2D eigenvalue weighted by Gasteiger charge is 2.27. The van der Waals surface area contributed by atoms with Gasteiger partial charge in [-0.15, -0.1) is 0 Å². The van der Waals surface area contributed by atoms with Crippen molar-refractivity contribution in [3.8, 4) is 11.5 Å².